The largest absolute Gasteiger partial charge is 0.261 e. The zero-order chi connectivity index (χ0) is 11.4. The molecule has 3 heteroatoms. The van der Waals surface area contributed by atoms with Crippen molar-refractivity contribution in [2.75, 3.05) is 0 Å². The summed E-state index contributed by atoms with van der Waals surface area (Å²) in [5, 5.41) is 0. The first kappa shape index (κ1) is 10.7. The van der Waals surface area contributed by atoms with E-state index in [-0.39, 0.29) is 0 Å². The first-order valence-corrected chi connectivity index (χ1v) is 5.48. The molecule has 0 amide bonds. The molecule has 3 nitrogen and oxygen atoms in total. The molecule has 0 aromatic carbocycles. The summed E-state index contributed by atoms with van der Waals surface area (Å²) in [6, 6.07) is 5.88. The Labute approximate surface area is 95.6 Å². The van der Waals surface area contributed by atoms with Crippen molar-refractivity contribution >= 4 is 0 Å². The fraction of sp³-hybridized carbons (Fsp3) is 0.308. The number of rotatable bonds is 3. The number of aromatic nitrogens is 3. The average molecular weight is 213 g/mol. The summed E-state index contributed by atoms with van der Waals surface area (Å²) >= 11 is 0. The molecule has 0 unspecified atom stereocenters. The van der Waals surface area contributed by atoms with E-state index < -0.39 is 0 Å². The second kappa shape index (κ2) is 4.84. The van der Waals surface area contributed by atoms with Gasteiger partial charge in [0.1, 0.15) is 0 Å². The number of nitrogens with zero attached hydrogens (tertiary/aromatic N) is 3. The van der Waals surface area contributed by atoms with E-state index in [1.54, 1.807) is 12.4 Å². The Hall–Kier alpha value is -1.77. The smallest absolute Gasteiger partial charge is 0.160 e. The van der Waals surface area contributed by atoms with E-state index in [4.69, 9.17) is 0 Å². The molecule has 0 radical (unpaired) electrons. The Morgan fingerprint density at radius 3 is 2.38 bits per heavy atom. The first-order valence-electron chi connectivity index (χ1n) is 5.48. The van der Waals surface area contributed by atoms with Gasteiger partial charge in [0.25, 0.3) is 0 Å². The number of hydrogen-bond acceptors (Lipinski definition) is 3. The van der Waals surface area contributed by atoms with Crippen molar-refractivity contribution in [1.82, 2.24) is 15.0 Å². The summed E-state index contributed by atoms with van der Waals surface area (Å²) < 4.78 is 0. The molecule has 0 N–H and O–H groups in total. The van der Waals surface area contributed by atoms with Gasteiger partial charge in [0.15, 0.2) is 5.82 Å². The third-order valence-electron chi connectivity index (χ3n) is 2.27. The van der Waals surface area contributed by atoms with Crippen LogP contribution >= 0.6 is 0 Å². The molecule has 0 spiro atoms. The summed E-state index contributed by atoms with van der Waals surface area (Å²) in [7, 11) is 0. The molecule has 2 heterocycles. The Kier molecular flexibility index (Phi) is 3.25. The Morgan fingerprint density at radius 1 is 1.06 bits per heavy atom. The standard InChI is InChI=1S/C13H15N3/c1-10(2)8-12-5-4-11(9-16-12)13-14-6-3-7-15-13/h3-7,9-10H,8H2,1-2H3. The Bertz CT molecular complexity index is 434. The van der Waals surface area contributed by atoms with Crippen LogP contribution in [0.5, 0.6) is 0 Å². The molecule has 2 rings (SSSR count). The van der Waals surface area contributed by atoms with Crippen LogP contribution in [0, 0.1) is 5.92 Å². The third kappa shape index (κ3) is 2.63. The van der Waals surface area contributed by atoms with Crippen LogP contribution in [-0.2, 0) is 6.42 Å². The highest BCUT2D eigenvalue weighted by molar-refractivity contribution is 5.52. The average Bonchev–Trinajstić information content (AvgIpc) is 2.30. The highest BCUT2D eigenvalue weighted by Crippen LogP contribution is 2.13. The lowest BCUT2D eigenvalue weighted by Crippen LogP contribution is -1.97. The molecule has 0 aliphatic carbocycles. The fourth-order valence-corrected chi connectivity index (χ4v) is 1.54. The Balaban J connectivity index is 2.20. The molecule has 0 fully saturated rings. The second-order valence-corrected chi connectivity index (χ2v) is 4.21. The van der Waals surface area contributed by atoms with Crippen molar-refractivity contribution in [3.8, 4) is 11.4 Å². The molecule has 16 heavy (non-hydrogen) atoms. The van der Waals surface area contributed by atoms with Gasteiger partial charge in [-0.25, -0.2) is 9.97 Å². The molecule has 0 aliphatic rings. The van der Waals surface area contributed by atoms with Crippen molar-refractivity contribution in [3.05, 3.63) is 42.5 Å². The maximum Gasteiger partial charge on any atom is 0.160 e. The van der Waals surface area contributed by atoms with Crippen LogP contribution in [0.2, 0.25) is 0 Å². The van der Waals surface area contributed by atoms with E-state index in [1.807, 2.05) is 24.4 Å². The van der Waals surface area contributed by atoms with Crippen molar-refractivity contribution in [2.45, 2.75) is 20.3 Å². The van der Waals surface area contributed by atoms with Crippen LogP contribution in [-0.4, -0.2) is 15.0 Å². The zero-order valence-electron chi connectivity index (χ0n) is 9.59. The SMILES string of the molecule is CC(C)Cc1ccc(-c2ncccn2)cn1. The lowest BCUT2D eigenvalue weighted by Gasteiger charge is -2.04. The molecular formula is C13H15N3. The van der Waals surface area contributed by atoms with Gasteiger partial charge in [0.2, 0.25) is 0 Å². The summed E-state index contributed by atoms with van der Waals surface area (Å²) in [5.74, 6) is 1.36. The van der Waals surface area contributed by atoms with Crippen LogP contribution in [0.15, 0.2) is 36.8 Å². The molecule has 82 valence electrons. The van der Waals surface area contributed by atoms with E-state index >= 15 is 0 Å². The van der Waals surface area contributed by atoms with Crippen LogP contribution in [0.4, 0.5) is 0 Å². The molecule has 0 saturated heterocycles. The second-order valence-electron chi connectivity index (χ2n) is 4.21. The summed E-state index contributed by atoms with van der Waals surface area (Å²) in [5.41, 5.74) is 2.09. The van der Waals surface area contributed by atoms with Crippen molar-refractivity contribution in [3.63, 3.8) is 0 Å². The summed E-state index contributed by atoms with van der Waals surface area (Å²) in [6.07, 6.45) is 6.33. The van der Waals surface area contributed by atoms with Gasteiger partial charge in [0, 0.05) is 29.8 Å². The quantitative estimate of drug-likeness (QED) is 0.786. The van der Waals surface area contributed by atoms with Crippen LogP contribution in [0.1, 0.15) is 19.5 Å². The van der Waals surface area contributed by atoms with E-state index in [9.17, 15) is 0 Å². The molecular weight excluding hydrogens is 198 g/mol. The zero-order valence-corrected chi connectivity index (χ0v) is 9.59. The molecule has 0 atom stereocenters. The van der Waals surface area contributed by atoms with Gasteiger partial charge < -0.3 is 0 Å². The highest BCUT2D eigenvalue weighted by atomic mass is 14.9. The topological polar surface area (TPSA) is 38.7 Å². The monoisotopic (exact) mass is 213 g/mol. The Morgan fingerprint density at radius 2 is 1.81 bits per heavy atom. The third-order valence-corrected chi connectivity index (χ3v) is 2.27. The molecule has 0 bridgehead atoms. The van der Waals surface area contributed by atoms with Gasteiger partial charge in [-0.2, -0.15) is 0 Å². The normalized spacial score (nSPS) is 10.7. The minimum Gasteiger partial charge on any atom is -0.261 e. The summed E-state index contributed by atoms with van der Waals surface area (Å²) in [6.45, 7) is 4.38. The lowest BCUT2D eigenvalue weighted by molar-refractivity contribution is 0.635. The van der Waals surface area contributed by atoms with E-state index in [1.165, 1.54) is 0 Å². The van der Waals surface area contributed by atoms with Crippen molar-refractivity contribution in [1.29, 1.82) is 0 Å². The van der Waals surface area contributed by atoms with Gasteiger partial charge in [-0.15, -0.1) is 0 Å². The number of pyridine rings is 1. The van der Waals surface area contributed by atoms with Crippen molar-refractivity contribution in [2.24, 2.45) is 5.92 Å². The van der Waals surface area contributed by atoms with Crippen LogP contribution < -0.4 is 0 Å². The van der Waals surface area contributed by atoms with Gasteiger partial charge in [-0.3, -0.25) is 4.98 Å². The predicted molar refractivity (Wildman–Crippen MR) is 63.8 cm³/mol. The van der Waals surface area contributed by atoms with Gasteiger partial charge in [-0.1, -0.05) is 13.8 Å². The molecule has 0 saturated carbocycles. The van der Waals surface area contributed by atoms with Gasteiger partial charge in [-0.05, 0) is 30.5 Å². The molecule has 2 aromatic rings. The van der Waals surface area contributed by atoms with E-state index in [2.05, 4.69) is 28.8 Å². The minimum absolute atomic E-state index is 0.631. The first-order chi connectivity index (χ1) is 7.75. The fourth-order valence-electron chi connectivity index (χ4n) is 1.54. The van der Waals surface area contributed by atoms with E-state index in [0.29, 0.717) is 5.92 Å². The van der Waals surface area contributed by atoms with Gasteiger partial charge in [0.05, 0.1) is 0 Å². The maximum atomic E-state index is 4.42. The molecule has 0 aliphatic heterocycles. The van der Waals surface area contributed by atoms with Crippen LogP contribution in [0.25, 0.3) is 11.4 Å². The predicted octanol–water partition coefficient (Wildman–Crippen LogP) is 2.74. The van der Waals surface area contributed by atoms with Crippen LogP contribution in [0.3, 0.4) is 0 Å². The van der Waals surface area contributed by atoms with Gasteiger partial charge >= 0.3 is 0 Å². The minimum atomic E-state index is 0.631. The van der Waals surface area contributed by atoms with Crippen molar-refractivity contribution < 1.29 is 0 Å². The summed E-state index contributed by atoms with van der Waals surface area (Å²) in [4.78, 5) is 12.8. The van der Waals surface area contributed by atoms with E-state index in [0.717, 1.165) is 23.5 Å². The highest BCUT2D eigenvalue weighted by Gasteiger charge is 2.02. The maximum absolute atomic E-state index is 4.42. The lowest BCUT2D eigenvalue weighted by atomic mass is 10.1. The molecule has 2 aromatic heterocycles. The number of hydrogen-bond donors (Lipinski definition) is 0.